The Labute approximate surface area is 212 Å². The van der Waals surface area contributed by atoms with Gasteiger partial charge >= 0.3 is 0 Å². The number of hydrogen-bond donors (Lipinski definition) is 0. The Balaban J connectivity index is 1.48. The predicted molar refractivity (Wildman–Crippen MR) is 153 cm³/mol. The van der Waals surface area contributed by atoms with E-state index >= 15 is 0 Å². The van der Waals surface area contributed by atoms with Crippen LogP contribution in [0.15, 0.2) is 136 Å². The zero-order valence-corrected chi connectivity index (χ0v) is 19.9. The molecule has 8 rings (SSSR count). The fourth-order valence-corrected chi connectivity index (χ4v) is 5.62. The zero-order valence-electron chi connectivity index (χ0n) is 19.9. The van der Waals surface area contributed by atoms with E-state index in [1.165, 1.54) is 10.8 Å². The number of fused-ring (bicyclic) bond motifs is 8. The molecule has 0 aliphatic carbocycles. The van der Waals surface area contributed by atoms with Crippen molar-refractivity contribution in [3.05, 3.63) is 127 Å². The van der Waals surface area contributed by atoms with Gasteiger partial charge in [0.2, 0.25) is 0 Å². The summed E-state index contributed by atoms with van der Waals surface area (Å²) in [7, 11) is 0. The summed E-state index contributed by atoms with van der Waals surface area (Å²) in [6, 6.07) is 44.0. The van der Waals surface area contributed by atoms with Crippen LogP contribution in [0.5, 0.6) is 0 Å². The first-order chi connectivity index (χ1) is 18.4. The topological polar surface area (TPSA) is 29.5 Å². The van der Waals surface area contributed by atoms with E-state index in [2.05, 4.69) is 114 Å². The second-order valence-electron chi connectivity index (χ2n) is 9.34. The molecule has 0 fully saturated rings. The van der Waals surface area contributed by atoms with Gasteiger partial charge in [-0.3, -0.25) is 0 Å². The van der Waals surface area contributed by atoms with Gasteiger partial charge in [0.1, 0.15) is 11.2 Å². The average Bonchev–Trinajstić information content (AvgIpc) is 3.54. The first kappa shape index (κ1) is 20.2. The first-order valence-corrected chi connectivity index (χ1v) is 12.5. The van der Waals surface area contributed by atoms with Crippen LogP contribution in [-0.2, 0) is 0 Å². The summed E-state index contributed by atoms with van der Waals surface area (Å²) in [5, 5.41) is 6.85. The Morgan fingerprint density at radius 2 is 1.03 bits per heavy atom. The molecule has 37 heavy (non-hydrogen) atoms. The molecule has 0 aliphatic rings. The van der Waals surface area contributed by atoms with Gasteiger partial charge in [-0.1, -0.05) is 91.0 Å². The molecule has 0 saturated carbocycles. The summed E-state index contributed by atoms with van der Waals surface area (Å²) in [5.41, 5.74) is 6.45. The fraction of sp³-hybridized carbons (Fsp3) is 0. The Morgan fingerprint density at radius 1 is 0.405 bits per heavy atom. The van der Waals surface area contributed by atoms with Crippen molar-refractivity contribution < 1.29 is 8.83 Å². The molecular formula is C34H21NO2. The van der Waals surface area contributed by atoms with Crippen molar-refractivity contribution in [2.45, 2.75) is 0 Å². The fourth-order valence-electron chi connectivity index (χ4n) is 5.62. The van der Waals surface area contributed by atoms with Crippen molar-refractivity contribution in [2.75, 3.05) is 4.90 Å². The van der Waals surface area contributed by atoms with Crippen LogP contribution in [0.4, 0.5) is 17.1 Å². The second kappa shape index (κ2) is 7.74. The largest absolute Gasteiger partial charge is 0.454 e. The van der Waals surface area contributed by atoms with Gasteiger partial charge in [0, 0.05) is 27.2 Å². The molecule has 0 N–H and O–H groups in total. The molecule has 0 amide bonds. The standard InChI is InChI=1S/C34H21NO2/c1-2-11-23(12-3-1)35(28-17-8-15-26-25-14-6-7-19-30(25)36-33(26)28)29-18-9-16-27-32-24-13-5-4-10-22(24)20-21-31(32)37-34(27)29/h1-21H. The van der Waals surface area contributed by atoms with Crippen molar-refractivity contribution in [1.82, 2.24) is 0 Å². The molecule has 8 aromatic rings. The average molecular weight is 476 g/mol. The molecule has 0 saturated heterocycles. The van der Waals surface area contributed by atoms with Crippen LogP contribution in [0.2, 0.25) is 0 Å². The van der Waals surface area contributed by atoms with Crippen LogP contribution < -0.4 is 4.90 Å². The van der Waals surface area contributed by atoms with Gasteiger partial charge in [0.25, 0.3) is 0 Å². The lowest BCUT2D eigenvalue weighted by atomic mass is 10.0. The maximum Gasteiger partial charge on any atom is 0.159 e. The summed E-state index contributed by atoms with van der Waals surface area (Å²) in [6.07, 6.45) is 0. The third-order valence-electron chi connectivity index (χ3n) is 7.25. The molecule has 3 heteroatoms. The quantitative estimate of drug-likeness (QED) is 0.255. The molecule has 0 aliphatic heterocycles. The highest BCUT2D eigenvalue weighted by atomic mass is 16.3. The lowest BCUT2D eigenvalue weighted by molar-refractivity contribution is 0.666. The molecule has 0 radical (unpaired) electrons. The Hall–Kier alpha value is -5.02. The molecule has 0 bridgehead atoms. The van der Waals surface area contributed by atoms with Crippen LogP contribution in [0.3, 0.4) is 0 Å². The van der Waals surface area contributed by atoms with Crippen molar-refractivity contribution in [1.29, 1.82) is 0 Å². The molecule has 6 aromatic carbocycles. The molecule has 0 atom stereocenters. The normalized spacial score (nSPS) is 11.8. The molecule has 3 nitrogen and oxygen atoms in total. The smallest absolute Gasteiger partial charge is 0.159 e. The Morgan fingerprint density at radius 3 is 1.86 bits per heavy atom. The zero-order chi connectivity index (χ0) is 24.3. The highest BCUT2D eigenvalue weighted by Gasteiger charge is 2.23. The molecule has 2 aromatic heterocycles. The van der Waals surface area contributed by atoms with E-state index in [-0.39, 0.29) is 0 Å². The lowest BCUT2D eigenvalue weighted by Crippen LogP contribution is -2.10. The molecule has 0 spiro atoms. The van der Waals surface area contributed by atoms with Gasteiger partial charge in [-0.15, -0.1) is 0 Å². The monoisotopic (exact) mass is 475 g/mol. The first-order valence-electron chi connectivity index (χ1n) is 12.5. The van der Waals surface area contributed by atoms with Crippen molar-refractivity contribution in [2.24, 2.45) is 0 Å². The van der Waals surface area contributed by atoms with Crippen LogP contribution in [0.1, 0.15) is 0 Å². The minimum absolute atomic E-state index is 0.853. The third kappa shape index (κ3) is 2.95. The second-order valence-corrected chi connectivity index (χ2v) is 9.34. The van der Waals surface area contributed by atoms with Gasteiger partial charge in [-0.2, -0.15) is 0 Å². The van der Waals surface area contributed by atoms with Crippen molar-refractivity contribution in [3.8, 4) is 0 Å². The van der Waals surface area contributed by atoms with E-state index < -0.39 is 0 Å². The minimum atomic E-state index is 0.853. The predicted octanol–water partition coefficient (Wildman–Crippen LogP) is 10.1. The highest BCUT2D eigenvalue weighted by Crippen LogP contribution is 2.46. The maximum absolute atomic E-state index is 6.61. The number of furan rings is 2. The number of benzene rings is 6. The minimum Gasteiger partial charge on any atom is -0.454 e. The van der Waals surface area contributed by atoms with Crippen LogP contribution in [0, 0.1) is 0 Å². The summed E-state index contributed by atoms with van der Waals surface area (Å²) >= 11 is 0. The number of anilines is 3. The SMILES string of the molecule is c1ccc(N(c2cccc3c2oc2ccccc23)c2cccc3c2oc2ccc4ccccc4c23)cc1. The number of hydrogen-bond acceptors (Lipinski definition) is 3. The van der Waals surface area contributed by atoms with Gasteiger partial charge in [0.05, 0.1) is 11.4 Å². The van der Waals surface area contributed by atoms with E-state index in [0.29, 0.717) is 0 Å². The number of para-hydroxylation sites is 4. The Kier molecular flexibility index (Phi) is 4.23. The van der Waals surface area contributed by atoms with E-state index in [1.54, 1.807) is 0 Å². The van der Waals surface area contributed by atoms with E-state index in [0.717, 1.165) is 60.9 Å². The molecular weight excluding hydrogens is 454 g/mol. The molecule has 2 heterocycles. The summed E-state index contributed by atoms with van der Waals surface area (Å²) in [6.45, 7) is 0. The van der Waals surface area contributed by atoms with Crippen LogP contribution in [-0.4, -0.2) is 0 Å². The van der Waals surface area contributed by atoms with E-state index in [9.17, 15) is 0 Å². The third-order valence-corrected chi connectivity index (χ3v) is 7.25. The van der Waals surface area contributed by atoms with Gasteiger partial charge < -0.3 is 13.7 Å². The number of rotatable bonds is 3. The summed E-state index contributed by atoms with van der Waals surface area (Å²) in [5.74, 6) is 0. The highest BCUT2D eigenvalue weighted by molar-refractivity contribution is 6.21. The van der Waals surface area contributed by atoms with E-state index in [1.807, 2.05) is 18.2 Å². The van der Waals surface area contributed by atoms with Crippen molar-refractivity contribution >= 4 is 71.7 Å². The lowest BCUT2D eigenvalue weighted by Gasteiger charge is -2.25. The van der Waals surface area contributed by atoms with Gasteiger partial charge in [-0.25, -0.2) is 0 Å². The van der Waals surface area contributed by atoms with Crippen molar-refractivity contribution in [3.63, 3.8) is 0 Å². The number of nitrogens with zero attached hydrogens (tertiary/aromatic N) is 1. The maximum atomic E-state index is 6.61. The Bertz CT molecular complexity index is 2100. The van der Waals surface area contributed by atoms with Gasteiger partial charge in [0.15, 0.2) is 11.2 Å². The summed E-state index contributed by atoms with van der Waals surface area (Å²) in [4.78, 5) is 2.25. The molecule has 174 valence electrons. The van der Waals surface area contributed by atoms with E-state index in [4.69, 9.17) is 8.83 Å². The molecule has 0 unspecified atom stereocenters. The van der Waals surface area contributed by atoms with Crippen LogP contribution >= 0.6 is 0 Å². The summed E-state index contributed by atoms with van der Waals surface area (Å²) < 4.78 is 13.1. The van der Waals surface area contributed by atoms with Crippen LogP contribution in [0.25, 0.3) is 54.6 Å². The van der Waals surface area contributed by atoms with Gasteiger partial charge in [-0.05, 0) is 47.2 Å².